The highest BCUT2D eigenvalue weighted by atomic mass is 16.5. The number of carbonyl (C=O) groups excluding carboxylic acids is 1. The first-order valence-electron chi connectivity index (χ1n) is 13.7. The van der Waals surface area contributed by atoms with Crippen molar-refractivity contribution in [3.05, 3.63) is 130 Å². The van der Waals surface area contributed by atoms with Crippen molar-refractivity contribution in [2.75, 3.05) is 18.2 Å². The van der Waals surface area contributed by atoms with E-state index in [1.165, 1.54) is 11.6 Å². The molecule has 7 heteroatoms. The molecule has 2 aromatic carbocycles. The van der Waals surface area contributed by atoms with Crippen LogP contribution in [-0.2, 0) is 13.0 Å². The Bertz CT molecular complexity index is 1500. The minimum absolute atomic E-state index is 0.0844. The topological polar surface area (TPSA) is 67.7 Å². The third kappa shape index (κ3) is 5.04. The zero-order chi connectivity index (χ0) is 26.6. The van der Waals surface area contributed by atoms with Crippen LogP contribution < -0.4 is 15.2 Å². The summed E-state index contributed by atoms with van der Waals surface area (Å²) < 4.78 is 7.94. The van der Waals surface area contributed by atoms with E-state index in [1.54, 1.807) is 6.20 Å². The minimum Gasteiger partial charge on any atom is -0.482 e. The van der Waals surface area contributed by atoms with Crippen molar-refractivity contribution in [1.82, 2.24) is 14.6 Å². The van der Waals surface area contributed by atoms with Crippen LogP contribution >= 0.6 is 0 Å². The number of hydrogen-bond acceptors (Lipinski definition) is 5. The number of benzene rings is 2. The molecule has 2 aromatic heterocycles. The van der Waals surface area contributed by atoms with Crippen molar-refractivity contribution < 1.29 is 9.53 Å². The van der Waals surface area contributed by atoms with Crippen LogP contribution in [0.4, 0.5) is 0 Å². The number of pyridine rings is 2. The first-order valence-corrected chi connectivity index (χ1v) is 13.7. The molecule has 0 saturated carbocycles. The fraction of sp³-hybridized carbons (Fsp3) is 0.281. The van der Waals surface area contributed by atoms with Gasteiger partial charge in [0.1, 0.15) is 19.3 Å². The van der Waals surface area contributed by atoms with E-state index < -0.39 is 0 Å². The summed E-state index contributed by atoms with van der Waals surface area (Å²) in [5, 5.41) is 2.15. The molecule has 0 spiro atoms. The second-order valence-corrected chi connectivity index (χ2v) is 10.1. The predicted molar refractivity (Wildman–Crippen MR) is 150 cm³/mol. The number of fused-ring (bicyclic) bond motifs is 5. The average molecular weight is 521 g/mol. The molecule has 2 bridgehead atoms. The van der Waals surface area contributed by atoms with E-state index in [0.29, 0.717) is 13.2 Å². The predicted octanol–water partition coefficient (Wildman–Crippen LogP) is 5.08. The maximum atomic E-state index is 14.0. The largest absolute Gasteiger partial charge is 0.482 e. The van der Waals surface area contributed by atoms with Gasteiger partial charge in [-0.3, -0.25) is 24.3 Å². The molecule has 39 heavy (non-hydrogen) atoms. The Hall–Kier alpha value is -4.39. The molecule has 2 aliphatic rings. The molecule has 2 aliphatic heterocycles. The van der Waals surface area contributed by atoms with Crippen LogP contribution in [0.15, 0.2) is 96.1 Å². The fourth-order valence-corrected chi connectivity index (χ4v) is 5.63. The van der Waals surface area contributed by atoms with Crippen LogP contribution in [0.5, 0.6) is 5.75 Å². The van der Waals surface area contributed by atoms with Gasteiger partial charge in [0, 0.05) is 25.0 Å². The van der Waals surface area contributed by atoms with Gasteiger partial charge in [0.05, 0.1) is 5.69 Å². The van der Waals surface area contributed by atoms with Crippen LogP contribution in [0.2, 0.25) is 0 Å². The number of ether oxygens (including phenoxy) is 1. The second-order valence-electron chi connectivity index (χ2n) is 10.1. The van der Waals surface area contributed by atoms with E-state index in [2.05, 4.69) is 29.3 Å². The van der Waals surface area contributed by atoms with E-state index in [9.17, 15) is 9.59 Å². The van der Waals surface area contributed by atoms with Crippen molar-refractivity contribution in [2.45, 2.75) is 44.8 Å². The van der Waals surface area contributed by atoms with Gasteiger partial charge in [-0.05, 0) is 48.1 Å². The number of aromatic nitrogens is 2. The number of hydrogen-bond donors (Lipinski definition) is 0. The lowest BCUT2D eigenvalue weighted by atomic mass is 9.93. The molecule has 4 heterocycles. The molecule has 1 unspecified atom stereocenters. The third-order valence-electron chi connectivity index (χ3n) is 7.58. The van der Waals surface area contributed by atoms with Crippen LogP contribution in [-0.4, -0.2) is 33.7 Å². The molecule has 1 atom stereocenters. The lowest BCUT2D eigenvalue weighted by Crippen LogP contribution is -2.56. The van der Waals surface area contributed by atoms with Crippen LogP contribution in [0, 0.1) is 0 Å². The number of amides is 1. The molecule has 4 aromatic rings. The maximum absolute atomic E-state index is 14.0. The smallest absolute Gasteiger partial charge is 0.277 e. The minimum atomic E-state index is -0.303. The quantitative estimate of drug-likeness (QED) is 0.376. The first-order chi connectivity index (χ1) is 19.2. The van der Waals surface area contributed by atoms with E-state index >= 15 is 0 Å². The van der Waals surface area contributed by atoms with E-state index in [-0.39, 0.29) is 35.4 Å². The summed E-state index contributed by atoms with van der Waals surface area (Å²) >= 11 is 0. The van der Waals surface area contributed by atoms with Gasteiger partial charge in [-0.15, -0.1) is 0 Å². The molecular formula is C32H32N4O3. The summed E-state index contributed by atoms with van der Waals surface area (Å²) in [4.78, 5) is 33.8. The van der Waals surface area contributed by atoms with Crippen molar-refractivity contribution in [1.29, 1.82) is 0 Å². The number of aryl methyl sites for hydroxylation is 1. The highest BCUT2D eigenvalue weighted by molar-refractivity contribution is 5.96. The highest BCUT2D eigenvalue weighted by Gasteiger charge is 2.38. The van der Waals surface area contributed by atoms with Crippen molar-refractivity contribution in [3.8, 4) is 5.75 Å². The van der Waals surface area contributed by atoms with E-state index in [1.807, 2.05) is 64.3 Å². The Kier molecular flexibility index (Phi) is 7.13. The highest BCUT2D eigenvalue weighted by Crippen LogP contribution is 2.34. The molecule has 7 nitrogen and oxygen atoms in total. The molecule has 1 amide bonds. The molecule has 0 saturated heterocycles. The zero-order valence-corrected chi connectivity index (χ0v) is 21.9. The van der Waals surface area contributed by atoms with Crippen molar-refractivity contribution in [3.63, 3.8) is 0 Å². The average Bonchev–Trinajstić information content (AvgIpc) is 2.97. The molecule has 6 rings (SSSR count). The zero-order valence-electron chi connectivity index (χ0n) is 21.9. The summed E-state index contributed by atoms with van der Waals surface area (Å²) in [6.07, 6.45) is 8.66. The Morgan fingerprint density at radius 1 is 0.846 bits per heavy atom. The number of rotatable bonds is 4. The van der Waals surface area contributed by atoms with Gasteiger partial charge in [-0.2, -0.15) is 0 Å². The SMILES string of the molecule is O=C1c2c(OCc3ccccc3)c(=O)ccn2N2CN1CCCCCCc1ccccc1C2c1ccccn1. The monoisotopic (exact) mass is 520 g/mol. The molecule has 0 aliphatic carbocycles. The van der Waals surface area contributed by atoms with E-state index in [4.69, 9.17) is 9.72 Å². The number of nitrogens with zero attached hydrogens (tertiary/aromatic N) is 4. The van der Waals surface area contributed by atoms with Gasteiger partial charge in [0.15, 0.2) is 11.4 Å². The van der Waals surface area contributed by atoms with Crippen LogP contribution in [0.3, 0.4) is 0 Å². The Morgan fingerprint density at radius 3 is 2.49 bits per heavy atom. The lowest BCUT2D eigenvalue weighted by Gasteiger charge is -2.44. The Balaban J connectivity index is 1.52. The summed E-state index contributed by atoms with van der Waals surface area (Å²) in [7, 11) is 0. The fourth-order valence-electron chi connectivity index (χ4n) is 5.63. The molecule has 198 valence electrons. The molecular weight excluding hydrogens is 488 g/mol. The van der Waals surface area contributed by atoms with Gasteiger partial charge in [0.25, 0.3) is 5.91 Å². The number of carbonyl (C=O) groups is 1. The van der Waals surface area contributed by atoms with Gasteiger partial charge >= 0.3 is 0 Å². The van der Waals surface area contributed by atoms with Crippen LogP contribution in [0.25, 0.3) is 0 Å². The molecule has 0 fully saturated rings. The Labute approximate surface area is 228 Å². The molecule has 0 N–H and O–H groups in total. The van der Waals surface area contributed by atoms with Crippen LogP contribution in [0.1, 0.15) is 64.6 Å². The summed E-state index contributed by atoms with van der Waals surface area (Å²) in [5.74, 6) is -0.0988. The van der Waals surface area contributed by atoms with Gasteiger partial charge in [0.2, 0.25) is 5.43 Å². The maximum Gasteiger partial charge on any atom is 0.277 e. The van der Waals surface area contributed by atoms with Gasteiger partial charge in [-0.25, -0.2) is 0 Å². The van der Waals surface area contributed by atoms with Crippen molar-refractivity contribution in [2.24, 2.45) is 0 Å². The molecule has 0 radical (unpaired) electrons. The third-order valence-corrected chi connectivity index (χ3v) is 7.58. The second kappa shape index (κ2) is 11.2. The first kappa shape index (κ1) is 24.9. The van der Waals surface area contributed by atoms with Gasteiger partial charge < -0.3 is 9.64 Å². The van der Waals surface area contributed by atoms with Crippen molar-refractivity contribution >= 4 is 5.91 Å². The summed E-state index contributed by atoms with van der Waals surface area (Å²) in [6, 6.07) is 25.4. The lowest BCUT2D eigenvalue weighted by molar-refractivity contribution is 0.0672. The van der Waals surface area contributed by atoms with E-state index in [0.717, 1.165) is 48.9 Å². The summed E-state index contributed by atoms with van der Waals surface area (Å²) in [5.41, 5.74) is 4.21. The Morgan fingerprint density at radius 2 is 1.64 bits per heavy atom. The van der Waals surface area contributed by atoms with Gasteiger partial charge in [-0.1, -0.05) is 73.5 Å². The standard InChI is InChI=1S/C32H32N4O3/c37-28-18-21-35-30(31(28)39-22-24-12-4-3-5-13-24)32(38)34-20-11-2-1-6-14-25-15-7-8-16-26(25)29(36(35)23-34)27-17-9-10-19-33-27/h3-5,7-10,12-13,15-19,21,29H,1-2,6,11,14,20,22-23H2. The normalized spacial score (nSPS) is 17.4. The summed E-state index contributed by atoms with van der Waals surface area (Å²) in [6.45, 7) is 1.20.